The number of nitrogens with zero attached hydrogens (tertiary/aromatic N) is 1. The van der Waals surface area contributed by atoms with Gasteiger partial charge in [-0.25, -0.2) is 0 Å². The Bertz CT molecular complexity index is 249. The summed E-state index contributed by atoms with van der Waals surface area (Å²) in [5.74, 6) is 0.797. The van der Waals surface area contributed by atoms with Gasteiger partial charge in [-0.2, -0.15) is 0 Å². The minimum absolute atomic E-state index is 0.198. The fourth-order valence-electron chi connectivity index (χ4n) is 4.29. The summed E-state index contributed by atoms with van der Waals surface area (Å²) in [6.45, 7) is 3.84. The van der Waals surface area contributed by atoms with Crippen molar-refractivity contribution in [2.75, 3.05) is 20.2 Å². The molecule has 2 aliphatic carbocycles. The van der Waals surface area contributed by atoms with Crippen LogP contribution in [0.5, 0.6) is 0 Å². The molecule has 0 aromatic heterocycles. The van der Waals surface area contributed by atoms with E-state index in [4.69, 9.17) is 0 Å². The Labute approximate surface area is 113 Å². The van der Waals surface area contributed by atoms with Gasteiger partial charge in [0.1, 0.15) is 0 Å². The maximum atomic E-state index is 9.88. The van der Waals surface area contributed by atoms with Crippen molar-refractivity contribution in [3.63, 3.8) is 0 Å². The fourth-order valence-corrected chi connectivity index (χ4v) is 4.29. The Balaban J connectivity index is 1.91. The van der Waals surface area contributed by atoms with Gasteiger partial charge < -0.3 is 10.0 Å². The van der Waals surface area contributed by atoms with Crippen LogP contribution >= 0.6 is 0 Å². The van der Waals surface area contributed by atoms with E-state index < -0.39 is 0 Å². The van der Waals surface area contributed by atoms with Crippen LogP contribution in [0.1, 0.15) is 64.7 Å². The molecule has 0 heterocycles. The second-order valence-electron chi connectivity index (χ2n) is 7.07. The topological polar surface area (TPSA) is 23.5 Å². The normalized spacial score (nSPS) is 35.0. The second-order valence-corrected chi connectivity index (χ2v) is 7.07. The van der Waals surface area contributed by atoms with Crippen LogP contribution < -0.4 is 0 Å². The summed E-state index contributed by atoms with van der Waals surface area (Å²) in [7, 11) is 2.28. The van der Waals surface area contributed by atoms with Crippen molar-refractivity contribution in [2.45, 2.75) is 70.8 Å². The number of aliphatic hydroxyl groups excluding tert-OH is 1. The van der Waals surface area contributed by atoms with E-state index in [1.54, 1.807) is 0 Å². The molecule has 2 heteroatoms. The molecule has 0 spiro atoms. The molecular weight excluding hydrogens is 222 g/mol. The molecule has 0 aromatic rings. The third-order valence-corrected chi connectivity index (χ3v) is 5.30. The molecule has 2 unspecified atom stereocenters. The highest BCUT2D eigenvalue weighted by molar-refractivity contribution is 4.89. The fraction of sp³-hybridized carbons (Fsp3) is 1.00. The first-order valence-corrected chi connectivity index (χ1v) is 7.96. The number of hydrogen-bond donors (Lipinski definition) is 1. The Kier molecular flexibility index (Phi) is 5.08. The van der Waals surface area contributed by atoms with Gasteiger partial charge in [0.25, 0.3) is 0 Å². The van der Waals surface area contributed by atoms with E-state index in [2.05, 4.69) is 18.9 Å². The van der Waals surface area contributed by atoms with Gasteiger partial charge in [-0.15, -0.1) is 0 Å². The van der Waals surface area contributed by atoms with E-state index >= 15 is 0 Å². The predicted molar refractivity (Wildman–Crippen MR) is 76.7 cm³/mol. The van der Waals surface area contributed by atoms with Crippen LogP contribution in [0.4, 0.5) is 0 Å². The summed E-state index contributed by atoms with van der Waals surface area (Å²) in [6.07, 6.45) is 12.1. The molecule has 0 aromatic carbocycles. The average Bonchev–Trinajstić information content (AvgIpc) is 2.39. The minimum atomic E-state index is 0.198. The Morgan fingerprint density at radius 1 is 1.11 bits per heavy atom. The standard InChI is InChI=1S/C16H31NO/c1-14-7-6-10-16(11-14,13-18)12-17(2)15-8-4-3-5-9-15/h14-15,18H,3-13H2,1-2H3. The van der Waals surface area contributed by atoms with E-state index in [0.29, 0.717) is 6.61 Å². The highest BCUT2D eigenvalue weighted by Crippen LogP contribution is 2.40. The zero-order valence-corrected chi connectivity index (χ0v) is 12.3. The van der Waals surface area contributed by atoms with E-state index in [-0.39, 0.29) is 5.41 Å². The SMILES string of the molecule is CC1CCCC(CO)(CN(C)C2CCCCC2)C1. The van der Waals surface area contributed by atoms with Crippen LogP contribution in [0.25, 0.3) is 0 Å². The van der Waals surface area contributed by atoms with Gasteiger partial charge in [-0.05, 0) is 38.6 Å². The number of hydrogen-bond acceptors (Lipinski definition) is 2. The lowest BCUT2D eigenvalue weighted by molar-refractivity contribution is 0.0148. The molecule has 2 saturated carbocycles. The summed E-state index contributed by atoms with van der Waals surface area (Å²) in [4.78, 5) is 2.56. The van der Waals surface area contributed by atoms with Gasteiger partial charge in [0.2, 0.25) is 0 Å². The van der Waals surface area contributed by atoms with Gasteiger partial charge in [0, 0.05) is 24.6 Å². The molecule has 2 fully saturated rings. The van der Waals surface area contributed by atoms with Crippen molar-refractivity contribution < 1.29 is 5.11 Å². The summed E-state index contributed by atoms with van der Waals surface area (Å²) in [5.41, 5.74) is 0.198. The maximum Gasteiger partial charge on any atom is 0.0499 e. The summed E-state index contributed by atoms with van der Waals surface area (Å²) >= 11 is 0. The molecule has 1 N–H and O–H groups in total. The third-order valence-electron chi connectivity index (χ3n) is 5.30. The Morgan fingerprint density at radius 3 is 2.44 bits per heavy atom. The minimum Gasteiger partial charge on any atom is -0.396 e. The quantitative estimate of drug-likeness (QED) is 0.829. The first kappa shape index (κ1) is 14.3. The number of rotatable bonds is 4. The van der Waals surface area contributed by atoms with E-state index in [9.17, 15) is 5.11 Å². The molecule has 0 bridgehead atoms. The highest BCUT2D eigenvalue weighted by Gasteiger charge is 2.36. The van der Waals surface area contributed by atoms with Gasteiger partial charge >= 0.3 is 0 Å². The molecule has 0 amide bonds. The van der Waals surface area contributed by atoms with Gasteiger partial charge in [0.15, 0.2) is 0 Å². The van der Waals surface area contributed by atoms with Crippen LogP contribution in [0.3, 0.4) is 0 Å². The van der Waals surface area contributed by atoms with Crippen LogP contribution in [-0.2, 0) is 0 Å². The lowest BCUT2D eigenvalue weighted by Crippen LogP contribution is -2.45. The first-order valence-electron chi connectivity index (χ1n) is 7.96. The molecule has 2 nitrogen and oxygen atoms in total. The lowest BCUT2D eigenvalue weighted by Gasteiger charge is -2.43. The largest absolute Gasteiger partial charge is 0.396 e. The van der Waals surface area contributed by atoms with Crippen molar-refractivity contribution in [3.05, 3.63) is 0 Å². The van der Waals surface area contributed by atoms with Gasteiger partial charge in [-0.1, -0.05) is 39.0 Å². The van der Waals surface area contributed by atoms with Crippen molar-refractivity contribution in [1.29, 1.82) is 0 Å². The van der Waals surface area contributed by atoms with E-state index in [0.717, 1.165) is 18.5 Å². The first-order chi connectivity index (χ1) is 8.65. The van der Waals surface area contributed by atoms with Crippen LogP contribution in [0.2, 0.25) is 0 Å². The zero-order valence-electron chi connectivity index (χ0n) is 12.3. The van der Waals surface area contributed by atoms with E-state index in [1.807, 2.05) is 0 Å². The summed E-state index contributed by atoms with van der Waals surface area (Å²) < 4.78 is 0. The molecule has 2 atom stereocenters. The molecule has 2 aliphatic rings. The highest BCUT2D eigenvalue weighted by atomic mass is 16.3. The van der Waals surface area contributed by atoms with E-state index in [1.165, 1.54) is 57.8 Å². The number of aliphatic hydroxyl groups is 1. The van der Waals surface area contributed by atoms with Crippen molar-refractivity contribution in [3.8, 4) is 0 Å². The molecule has 106 valence electrons. The van der Waals surface area contributed by atoms with Crippen molar-refractivity contribution in [2.24, 2.45) is 11.3 Å². The maximum absolute atomic E-state index is 9.88. The Hall–Kier alpha value is -0.0800. The van der Waals surface area contributed by atoms with Crippen LogP contribution in [-0.4, -0.2) is 36.2 Å². The van der Waals surface area contributed by atoms with Crippen molar-refractivity contribution >= 4 is 0 Å². The zero-order chi connectivity index (χ0) is 13.0. The molecule has 18 heavy (non-hydrogen) atoms. The predicted octanol–water partition coefficient (Wildman–Crippen LogP) is 3.44. The Morgan fingerprint density at radius 2 is 1.83 bits per heavy atom. The van der Waals surface area contributed by atoms with Crippen molar-refractivity contribution in [1.82, 2.24) is 4.90 Å². The molecule has 0 radical (unpaired) electrons. The molecule has 0 saturated heterocycles. The monoisotopic (exact) mass is 253 g/mol. The molecule has 2 rings (SSSR count). The molecule has 0 aliphatic heterocycles. The third kappa shape index (κ3) is 3.48. The average molecular weight is 253 g/mol. The second kappa shape index (κ2) is 6.38. The van der Waals surface area contributed by atoms with Gasteiger partial charge in [0.05, 0.1) is 0 Å². The van der Waals surface area contributed by atoms with Crippen LogP contribution in [0.15, 0.2) is 0 Å². The summed E-state index contributed by atoms with van der Waals surface area (Å²) in [5, 5.41) is 9.88. The lowest BCUT2D eigenvalue weighted by atomic mass is 9.70. The smallest absolute Gasteiger partial charge is 0.0499 e. The summed E-state index contributed by atoms with van der Waals surface area (Å²) in [6, 6.07) is 0.777. The van der Waals surface area contributed by atoms with Gasteiger partial charge in [-0.3, -0.25) is 0 Å². The molecular formula is C16H31NO. The van der Waals surface area contributed by atoms with Crippen LogP contribution in [0, 0.1) is 11.3 Å².